The Balaban J connectivity index is 2.37. The summed E-state index contributed by atoms with van der Waals surface area (Å²) in [6.45, 7) is 6.16. The molecule has 0 amide bonds. The van der Waals surface area contributed by atoms with Gasteiger partial charge in [0.2, 0.25) is 0 Å². The van der Waals surface area contributed by atoms with E-state index < -0.39 is 5.97 Å². The van der Waals surface area contributed by atoms with Crippen molar-refractivity contribution in [3.8, 4) is 0 Å². The topological polar surface area (TPSA) is 68.0 Å². The molecule has 1 aromatic heterocycles. The molecule has 0 unspecified atom stereocenters. The second-order valence-corrected chi connectivity index (χ2v) is 4.47. The minimum absolute atomic E-state index is 0.00473. The van der Waals surface area contributed by atoms with Gasteiger partial charge in [-0.25, -0.2) is 9.48 Å². The fourth-order valence-corrected chi connectivity index (χ4v) is 1.85. The summed E-state index contributed by atoms with van der Waals surface area (Å²) in [6, 6.07) is 9.66. The highest BCUT2D eigenvalue weighted by atomic mass is 16.4. The van der Waals surface area contributed by atoms with Crippen LogP contribution in [-0.2, 0) is 13.0 Å². The van der Waals surface area contributed by atoms with Gasteiger partial charge in [0.05, 0.1) is 12.2 Å². The van der Waals surface area contributed by atoms with Crippen LogP contribution in [0.15, 0.2) is 42.5 Å². The van der Waals surface area contributed by atoms with E-state index in [0.29, 0.717) is 18.7 Å². The number of allylic oxidation sites excluding steroid dienone is 1. The van der Waals surface area contributed by atoms with Crippen LogP contribution in [-0.4, -0.2) is 26.1 Å². The first-order valence-electron chi connectivity index (χ1n) is 5.92. The van der Waals surface area contributed by atoms with Gasteiger partial charge in [0.1, 0.15) is 0 Å². The van der Waals surface area contributed by atoms with Crippen molar-refractivity contribution in [2.45, 2.75) is 19.9 Å². The lowest BCUT2D eigenvalue weighted by Crippen LogP contribution is -2.09. The summed E-state index contributed by atoms with van der Waals surface area (Å²) in [4.78, 5) is 11.2. The smallest absolute Gasteiger partial charge is 0.358 e. The number of nitrogens with zero attached hydrogens (tertiary/aromatic N) is 3. The molecule has 0 aliphatic heterocycles. The summed E-state index contributed by atoms with van der Waals surface area (Å²) in [6.07, 6.45) is 0.489. The molecule has 5 nitrogen and oxygen atoms in total. The molecule has 0 aliphatic carbocycles. The average molecular weight is 257 g/mol. The number of benzene rings is 1. The molecule has 2 aromatic rings. The van der Waals surface area contributed by atoms with Crippen LogP contribution < -0.4 is 0 Å². The van der Waals surface area contributed by atoms with Crippen LogP contribution >= 0.6 is 0 Å². The minimum atomic E-state index is -1.06. The van der Waals surface area contributed by atoms with E-state index in [0.717, 1.165) is 11.1 Å². The summed E-state index contributed by atoms with van der Waals surface area (Å²) in [5, 5.41) is 16.8. The molecular formula is C14H15N3O2. The van der Waals surface area contributed by atoms with Crippen molar-refractivity contribution in [3.63, 3.8) is 0 Å². The number of carboxylic acid groups (broad SMARTS) is 1. The zero-order valence-corrected chi connectivity index (χ0v) is 10.7. The van der Waals surface area contributed by atoms with Crippen LogP contribution in [0.2, 0.25) is 0 Å². The Morgan fingerprint density at radius 1 is 1.37 bits per heavy atom. The van der Waals surface area contributed by atoms with E-state index in [1.807, 2.05) is 37.3 Å². The SMILES string of the molecule is C=C(C)Cn1nnc(C(=O)O)c1Cc1ccccc1. The lowest BCUT2D eigenvalue weighted by atomic mass is 10.1. The zero-order chi connectivity index (χ0) is 13.8. The Morgan fingerprint density at radius 3 is 2.63 bits per heavy atom. The number of aromatic nitrogens is 3. The summed E-state index contributed by atoms with van der Waals surface area (Å²) in [5.74, 6) is -1.06. The normalized spacial score (nSPS) is 10.4. The van der Waals surface area contributed by atoms with E-state index >= 15 is 0 Å². The highest BCUT2D eigenvalue weighted by Gasteiger charge is 2.19. The molecule has 0 saturated heterocycles. The molecular weight excluding hydrogens is 242 g/mol. The number of carbonyl (C=O) groups is 1. The third kappa shape index (κ3) is 3.07. The van der Waals surface area contributed by atoms with Crippen molar-refractivity contribution in [2.24, 2.45) is 0 Å². The van der Waals surface area contributed by atoms with Crippen LogP contribution in [0.25, 0.3) is 0 Å². The first-order chi connectivity index (χ1) is 9.08. The lowest BCUT2D eigenvalue weighted by molar-refractivity contribution is 0.0689. The molecule has 0 saturated carbocycles. The van der Waals surface area contributed by atoms with Gasteiger partial charge in [-0.3, -0.25) is 0 Å². The number of carboxylic acids is 1. The number of aromatic carboxylic acids is 1. The molecule has 1 aromatic carbocycles. The highest BCUT2D eigenvalue weighted by Crippen LogP contribution is 2.13. The van der Waals surface area contributed by atoms with Crippen LogP contribution in [0.5, 0.6) is 0 Å². The first-order valence-corrected chi connectivity index (χ1v) is 5.92. The standard InChI is InChI=1S/C14H15N3O2/c1-10(2)9-17-12(13(14(18)19)15-16-17)8-11-6-4-3-5-7-11/h3-7H,1,8-9H2,2H3,(H,18,19). The summed E-state index contributed by atoms with van der Waals surface area (Å²) in [7, 11) is 0. The quantitative estimate of drug-likeness (QED) is 0.833. The van der Waals surface area contributed by atoms with Crippen LogP contribution in [0, 0.1) is 0 Å². The molecule has 0 bridgehead atoms. The molecule has 0 aliphatic rings. The van der Waals surface area contributed by atoms with Crippen molar-refractivity contribution < 1.29 is 9.90 Å². The van der Waals surface area contributed by atoms with Crippen molar-refractivity contribution in [2.75, 3.05) is 0 Å². The maximum Gasteiger partial charge on any atom is 0.358 e. The molecule has 0 fully saturated rings. The van der Waals surface area contributed by atoms with Gasteiger partial charge in [0.15, 0.2) is 5.69 Å². The second kappa shape index (κ2) is 5.48. The van der Waals surface area contributed by atoms with E-state index in [9.17, 15) is 4.79 Å². The Morgan fingerprint density at radius 2 is 2.05 bits per heavy atom. The third-order valence-electron chi connectivity index (χ3n) is 2.67. The Bertz CT molecular complexity index is 602. The molecule has 0 atom stereocenters. The predicted octanol–water partition coefficient (Wildman–Crippen LogP) is 2.14. The van der Waals surface area contributed by atoms with E-state index in [2.05, 4.69) is 16.9 Å². The number of hydrogen-bond donors (Lipinski definition) is 1. The maximum absolute atomic E-state index is 11.2. The summed E-state index contributed by atoms with van der Waals surface area (Å²) in [5.41, 5.74) is 2.53. The molecule has 2 rings (SSSR count). The van der Waals surface area contributed by atoms with Gasteiger partial charge in [0, 0.05) is 6.42 Å². The van der Waals surface area contributed by atoms with Gasteiger partial charge < -0.3 is 5.11 Å². The van der Waals surface area contributed by atoms with E-state index in [1.165, 1.54) is 0 Å². The summed E-state index contributed by atoms with van der Waals surface area (Å²) < 4.78 is 1.60. The molecule has 0 radical (unpaired) electrons. The zero-order valence-electron chi connectivity index (χ0n) is 10.7. The van der Waals surface area contributed by atoms with Crippen molar-refractivity contribution >= 4 is 5.97 Å². The summed E-state index contributed by atoms with van der Waals surface area (Å²) >= 11 is 0. The number of hydrogen-bond acceptors (Lipinski definition) is 3. The van der Waals surface area contributed by atoms with Crippen molar-refractivity contribution in [3.05, 3.63) is 59.4 Å². The van der Waals surface area contributed by atoms with Crippen molar-refractivity contribution in [1.82, 2.24) is 15.0 Å². The van der Waals surface area contributed by atoms with E-state index in [4.69, 9.17) is 5.11 Å². The number of rotatable bonds is 5. The van der Waals surface area contributed by atoms with Crippen LogP contribution in [0.4, 0.5) is 0 Å². The van der Waals surface area contributed by atoms with Gasteiger partial charge in [0.25, 0.3) is 0 Å². The van der Waals surface area contributed by atoms with E-state index in [1.54, 1.807) is 4.68 Å². The lowest BCUT2D eigenvalue weighted by Gasteiger charge is -2.07. The Labute approximate surface area is 111 Å². The van der Waals surface area contributed by atoms with E-state index in [-0.39, 0.29) is 5.69 Å². The van der Waals surface area contributed by atoms with Crippen molar-refractivity contribution in [1.29, 1.82) is 0 Å². The molecule has 19 heavy (non-hydrogen) atoms. The Hall–Kier alpha value is -2.43. The second-order valence-electron chi connectivity index (χ2n) is 4.47. The Kier molecular flexibility index (Phi) is 3.75. The predicted molar refractivity (Wildman–Crippen MR) is 71.0 cm³/mol. The van der Waals surface area contributed by atoms with Gasteiger partial charge in [-0.1, -0.05) is 47.7 Å². The fourth-order valence-electron chi connectivity index (χ4n) is 1.85. The fraction of sp³-hybridized carbons (Fsp3) is 0.214. The third-order valence-corrected chi connectivity index (χ3v) is 2.67. The molecule has 0 spiro atoms. The van der Waals surface area contributed by atoms with Gasteiger partial charge in [-0.05, 0) is 12.5 Å². The first kappa shape index (κ1) is 13.0. The average Bonchev–Trinajstić information content (AvgIpc) is 2.73. The molecule has 1 N–H and O–H groups in total. The molecule has 98 valence electrons. The molecule has 1 heterocycles. The maximum atomic E-state index is 11.2. The minimum Gasteiger partial charge on any atom is -0.476 e. The van der Waals surface area contributed by atoms with Gasteiger partial charge in [-0.15, -0.1) is 5.10 Å². The van der Waals surface area contributed by atoms with Crippen LogP contribution in [0.3, 0.4) is 0 Å². The molecule has 5 heteroatoms. The van der Waals surface area contributed by atoms with Gasteiger partial charge in [-0.2, -0.15) is 0 Å². The van der Waals surface area contributed by atoms with Crippen LogP contribution in [0.1, 0.15) is 28.7 Å². The highest BCUT2D eigenvalue weighted by molar-refractivity contribution is 5.86. The van der Waals surface area contributed by atoms with Gasteiger partial charge >= 0.3 is 5.97 Å². The largest absolute Gasteiger partial charge is 0.476 e. The monoisotopic (exact) mass is 257 g/mol.